The normalized spacial score (nSPS) is 11.3. The second-order valence-corrected chi connectivity index (χ2v) is 4.06. The predicted molar refractivity (Wildman–Crippen MR) is 66.2 cm³/mol. The van der Waals surface area contributed by atoms with Crippen LogP contribution < -0.4 is 0 Å². The van der Waals surface area contributed by atoms with Gasteiger partial charge in [0.25, 0.3) is 0 Å². The molecule has 6 heteroatoms. The zero-order chi connectivity index (χ0) is 14.9. The van der Waals surface area contributed by atoms with Crippen molar-refractivity contribution >= 4 is 16.7 Å². The van der Waals surface area contributed by atoms with Gasteiger partial charge in [-0.25, -0.2) is 4.79 Å². The van der Waals surface area contributed by atoms with Crippen molar-refractivity contribution in [2.75, 3.05) is 0 Å². The monoisotopic (exact) mass is 282 g/mol. The summed E-state index contributed by atoms with van der Waals surface area (Å²) in [5.41, 5.74) is -0.0337. The first-order chi connectivity index (χ1) is 9.27. The summed E-state index contributed by atoms with van der Waals surface area (Å²) in [7, 11) is 0. The van der Waals surface area contributed by atoms with Crippen molar-refractivity contribution in [3.8, 4) is 5.75 Å². The van der Waals surface area contributed by atoms with Gasteiger partial charge in [-0.15, -0.1) is 0 Å². The van der Waals surface area contributed by atoms with Gasteiger partial charge in [-0.3, -0.25) is 0 Å². The molecule has 0 heterocycles. The van der Waals surface area contributed by atoms with Gasteiger partial charge in [-0.2, -0.15) is 13.2 Å². The first kappa shape index (κ1) is 13.9. The van der Waals surface area contributed by atoms with Crippen LogP contribution in [0.1, 0.15) is 10.4 Å². The third kappa shape index (κ3) is 2.90. The summed E-state index contributed by atoms with van der Waals surface area (Å²) in [6.45, 7) is 2.66. The standard InChI is InChI=1S/C14H9F3O3/c1-8(14(15,16)17)20-13(19)11-3-2-10-7-12(18)5-4-9(10)6-11/h2-7,18H,1H2. The van der Waals surface area contributed by atoms with E-state index in [1.54, 1.807) is 6.07 Å². The number of ether oxygens (including phenoxy) is 1. The molecule has 0 atom stereocenters. The summed E-state index contributed by atoms with van der Waals surface area (Å²) in [6, 6.07) is 8.61. The van der Waals surface area contributed by atoms with Gasteiger partial charge >= 0.3 is 12.1 Å². The van der Waals surface area contributed by atoms with E-state index in [1.807, 2.05) is 0 Å². The lowest BCUT2D eigenvalue weighted by atomic mass is 10.1. The maximum absolute atomic E-state index is 12.2. The topological polar surface area (TPSA) is 46.5 Å². The highest BCUT2D eigenvalue weighted by atomic mass is 19.4. The zero-order valence-electron chi connectivity index (χ0n) is 10.1. The molecule has 0 spiro atoms. The van der Waals surface area contributed by atoms with E-state index in [2.05, 4.69) is 11.3 Å². The number of phenols is 1. The van der Waals surface area contributed by atoms with Gasteiger partial charge in [0.2, 0.25) is 5.76 Å². The van der Waals surface area contributed by atoms with Crippen LogP contribution in [-0.2, 0) is 4.74 Å². The van der Waals surface area contributed by atoms with Crippen LogP contribution in [0, 0.1) is 0 Å². The van der Waals surface area contributed by atoms with E-state index < -0.39 is 17.9 Å². The number of aromatic hydroxyl groups is 1. The fourth-order valence-corrected chi connectivity index (χ4v) is 1.59. The first-order valence-corrected chi connectivity index (χ1v) is 5.48. The Bertz CT molecular complexity index is 690. The van der Waals surface area contributed by atoms with Crippen LogP contribution >= 0.6 is 0 Å². The summed E-state index contributed by atoms with van der Waals surface area (Å²) < 4.78 is 40.8. The van der Waals surface area contributed by atoms with Gasteiger partial charge in [-0.05, 0) is 35.0 Å². The Morgan fingerprint density at radius 2 is 1.70 bits per heavy atom. The van der Waals surface area contributed by atoms with Gasteiger partial charge in [-0.1, -0.05) is 18.7 Å². The number of esters is 1. The molecular weight excluding hydrogens is 273 g/mol. The zero-order valence-corrected chi connectivity index (χ0v) is 10.1. The minimum absolute atomic E-state index is 0.0337. The number of alkyl halides is 3. The maximum atomic E-state index is 12.2. The number of carbonyl (C=O) groups excluding carboxylic acids is 1. The molecule has 1 N–H and O–H groups in total. The lowest BCUT2D eigenvalue weighted by Gasteiger charge is -2.10. The van der Waals surface area contributed by atoms with Crippen molar-refractivity contribution in [1.82, 2.24) is 0 Å². The molecule has 3 nitrogen and oxygen atoms in total. The van der Waals surface area contributed by atoms with Crippen LogP contribution in [0.5, 0.6) is 5.75 Å². The molecule has 0 radical (unpaired) electrons. The van der Waals surface area contributed by atoms with E-state index in [0.717, 1.165) is 0 Å². The van der Waals surface area contributed by atoms with Crippen LogP contribution in [-0.4, -0.2) is 17.3 Å². The molecule has 20 heavy (non-hydrogen) atoms. The largest absolute Gasteiger partial charge is 0.508 e. The van der Waals surface area contributed by atoms with Gasteiger partial charge < -0.3 is 9.84 Å². The van der Waals surface area contributed by atoms with Crippen molar-refractivity contribution in [3.05, 3.63) is 54.3 Å². The summed E-state index contributed by atoms with van der Waals surface area (Å²) in [6.07, 6.45) is -4.78. The highest BCUT2D eigenvalue weighted by Gasteiger charge is 2.35. The summed E-state index contributed by atoms with van der Waals surface area (Å²) in [5.74, 6) is -2.64. The van der Waals surface area contributed by atoms with Crippen LogP contribution in [0.25, 0.3) is 10.8 Å². The second kappa shape index (κ2) is 4.88. The molecule has 2 rings (SSSR count). The molecule has 0 aliphatic heterocycles. The number of carbonyl (C=O) groups is 1. The van der Waals surface area contributed by atoms with Crippen molar-refractivity contribution in [3.63, 3.8) is 0 Å². The summed E-state index contributed by atoms with van der Waals surface area (Å²) >= 11 is 0. The van der Waals surface area contributed by atoms with Crippen molar-refractivity contribution < 1.29 is 27.8 Å². The number of phenolic OH excluding ortho intramolecular Hbond substituents is 1. The number of halogens is 3. The molecule has 0 aliphatic rings. The smallest absolute Gasteiger partial charge is 0.449 e. The number of rotatable bonds is 2. The summed E-state index contributed by atoms with van der Waals surface area (Å²) in [5, 5.41) is 10.5. The third-order valence-electron chi connectivity index (χ3n) is 2.59. The van der Waals surface area contributed by atoms with E-state index in [4.69, 9.17) is 0 Å². The Hall–Kier alpha value is -2.50. The minimum Gasteiger partial charge on any atom is -0.508 e. The SMILES string of the molecule is C=C(OC(=O)c1ccc2cc(O)ccc2c1)C(F)(F)F. The Morgan fingerprint density at radius 3 is 2.35 bits per heavy atom. The van der Waals surface area contributed by atoms with Gasteiger partial charge in [0.15, 0.2) is 0 Å². The highest BCUT2D eigenvalue weighted by molar-refractivity contribution is 5.96. The minimum atomic E-state index is -4.78. The molecule has 2 aromatic rings. The van der Waals surface area contributed by atoms with Crippen molar-refractivity contribution in [1.29, 1.82) is 0 Å². The Balaban J connectivity index is 2.27. The second-order valence-electron chi connectivity index (χ2n) is 4.06. The Labute approximate surface area is 111 Å². The van der Waals surface area contributed by atoms with Crippen LogP contribution in [0.3, 0.4) is 0 Å². The number of hydrogen-bond acceptors (Lipinski definition) is 3. The summed E-state index contributed by atoms with van der Waals surface area (Å²) in [4.78, 5) is 11.6. The van der Waals surface area contributed by atoms with Crippen molar-refractivity contribution in [2.45, 2.75) is 6.18 Å². The molecule has 2 aromatic carbocycles. The fraction of sp³-hybridized carbons (Fsp3) is 0.0714. The lowest BCUT2D eigenvalue weighted by molar-refractivity contribution is -0.122. The molecule has 0 aliphatic carbocycles. The molecule has 0 saturated heterocycles. The molecule has 0 unspecified atom stereocenters. The molecule has 0 fully saturated rings. The molecule has 0 bridgehead atoms. The molecular formula is C14H9F3O3. The van der Waals surface area contributed by atoms with E-state index >= 15 is 0 Å². The maximum Gasteiger partial charge on any atom is 0.449 e. The molecule has 0 amide bonds. The van der Waals surface area contributed by atoms with E-state index in [9.17, 15) is 23.1 Å². The average Bonchev–Trinajstić information content (AvgIpc) is 2.36. The van der Waals surface area contributed by atoms with Gasteiger partial charge in [0, 0.05) is 0 Å². The average molecular weight is 282 g/mol. The third-order valence-corrected chi connectivity index (χ3v) is 2.59. The fourth-order valence-electron chi connectivity index (χ4n) is 1.59. The van der Waals surface area contributed by atoms with Crippen LogP contribution in [0.2, 0.25) is 0 Å². The Morgan fingerprint density at radius 1 is 1.10 bits per heavy atom. The predicted octanol–water partition coefficient (Wildman–Crippen LogP) is 3.78. The van der Waals surface area contributed by atoms with E-state index in [0.29, 0.717) is 10.8 Å². The van der Waals surface area contributed by atoms with Crippen molar-refractivity contribution in [2.24, 2.45) is 0 Å². The quantitative estimate of drug-likeness (QED) is 0.673. The number of hydrogen-bond donors (Lipinski definition) is 1. The number of allylic oxidation sites excluding steroid dienone is 1. The van der Waals surface area contributed by atoms with Gasteiger partial charge in [0.1, 0.15) is 5.75 Å². The van der Waals surface area contributed by atoms with E-state index in [1.165, 1.54) is 30.3 Å². The molecule has 104 valence electrons. The Kier molecular flexibility index (Phi) is 3.40. The first-order valence-electron chi connectivity index (χ1n) is 5.48. The van der Waals surface area contributed by atoms with Gasteiger partial charge in [0.05, 0.1) is 5.56 Å². The molecule has 0 saturated carbocycles. The number of fused-ring (bicyclic) bond motifs is 1. The van der Waals surface area contributed by atoms with E-state index in [-0.39, 0.29) is 11.3 Å². The highest BCUT2D eigenvalue weighted by Crippen LogP contribution is 2.26. The number of benzene rings is 2. The molecule has 0 aromatic heterocycles. The van der Waals surface area contributed by atoms with Crippen LogP contribution in [0.4, 0.5) is 13.2 Å². The lowest BCUT2D eigenvalue weighted by Crippen LogP contribution is -2.17. The van der Waals surface area contributed by atoms with Crippen LogP contribution in [0.15, 0.2) is 48.7 Å².